The number of benzene rings is 1. The van der Waals surface area contributed by atoms with Crippen LogP contribution in [0.2, 0.25) is 0 Å². The number of nitrogens with zero attached hydrogens (tertiary/aromatic N) is 1. The molecule has 0 bridgehead atoms. The van der Waals surface area contributed by atoms with Crippen molar-refractivity contribution in [3.63, 3.8) is 0 Å². The van der Waals surface area contributed by atoms with Crippen LogP contribution in [0.15, 0.2) is 30.3 Å². The van der Waals surface area contributed by atoms with Crippen LogP contribution >= 0.6 is 0 Å². The van der Waals surface area contributed by atoms with E-state index in [0.717, 1.165) is 18.7 Å². The zero-order valence-electron chi connectivity index (χ0n) is 11.4. The lowest BCUT2D eigenvalue weighted by molar-refractivity contribution is 0.327. The molecule has 0 fully saturated rings. The Morgan fingerprint density at radius 3 is 1.88 bits per heavy atom. The van der Waals surface area contributed by atoms with Crippen molar-refractivity contribution in [3.8, 4) is 0 Å². The van der Waals surface area contributed by atoms with Gasteiger partial charge in [0, 0.05) is 18.7 Å². The third-order valence-electron chi connectivity index (χ3n) is 2.53. The topological polar surface area (TPSA) is 27.1 Å². The average Bonchev–Trinajstić information content (AvgIpc) is 2.27. The van der Waals surface area contributed by atoms with E-state index >= 15 is 0 Å². The van der Waals surface area contributed by atoms with E-state index in [0.29, 0.717) is 17.7 Å². The van der Waals surface area contributed by atoms with Crippen molar-refractivity contribution < 1.29 is 0 Å². The van der Waals surface area contributed by atoms with E-state index in [2.05, 4.69) is 32.6 Å². The Bertz CT molecular complexity index is 331. The van der Waals surface area contributed by atoms with Gasteiger partial charge in [-0.25, -0.2) is 0 Å². The van der Waals surface area contributed by atoms with Crippen molar-refractivity contribution in [2.75, 3.05) is 13.1 Å². The molecule has 1 N–H and O–H groups in total. The lowest BCUT2D eigenvalue weighted by atomic mass is 10.1. The summed E-state index contributed by atoms with van der Waals surface area (Å²) in [7, 11) is 0. The zero-order chi connectivity index (χ0) is 12.8. The first-order valence-electron chi connectivity index (χ1n) is 6.39. The Morgan fingerprint density at radius 1 is 1.00 bits per heavy atom. The van der Waals surface area contributed by atoms with Crippen molar-refractivity contribution in [2.45, 2.75) is 27.7 Å². The summed E-state index contributed by atoms with van der Waals surface area (Å²) in [4.78, 5) is 2.19. The molecule has 0 aliphatic carbocycles. The molecule has 2 heteroatoms. The molecule has 1 rings (SSSR count). The number of hydrogen-bond acceptors (Lipinski definition) is 1. The van der Waals surface area contributed by atoms with Gasteiger partial charge >= 0.3 is 0 Å². The summed E-state index contributed by atoms with van der Waals surface area (Å²) >= 11 is 0. The smallest absolute Gasteiger partial charge is 0.128 e. The van der Waals surface area contributed by atoms with Crippen LogP contribution in [0.5, 0.6) is 0 Å². The average molecular weight is 232 g/mol. The molecule has 0 aliphatic heterocycles. The molecule has 0 amide bonds. The van der Waals surface area contributed by atoms with E-state index in [9.17, 15) is 0 Å². The molecule has 0 unspecified atom stereocenters. The monoisotopic (exact) mass is 232 g/mol. The van der Waals surface area contributed by atoms with Gasteiger partial charge in [0.05, 0.1) is 0 Å². The third kappa shape index (κ3) is 4.59. The Hall–Kier alpha value is -1.31. The van der Waals surface area contributed by atoms with Crippen LogP contribution in [0, 0.1) is 17.2 Å². The lowest BCUT2D eigenvalue weighted by Crippen LogP contribution is -2.37. The van der Waals surface area contributed by atoms with Gasteiger partial charge in [-0.2, -0.15) is 0 Å². The van der Waals surface area contributed by atoms with Gasteiger partial charge in [0.2, 0.25) is 0 Å². The van der Waals surface area contributed by atoms with Crippen LogP contribution in [0.25, 0.3) is 0 Å². The molecule has 1 aromatic rings. The zero-order valence-corrected chi connectivity index (χ0v) is 11.4. The Morgan fingerprint density at radius 2 is 1.47 bits per heavy atom. The maximum Gasteiger partial charge on any atom is 0.128 e. The van der Waals surface area contributed by atoms with Crippen LogP contribution < -0.4 is 0 Å². The normalized spacial score (nSPS) is 10.9. The van der Waals surface area contributed by atoms with E-state index < -0.39 is 0 Å². The summed E-state index contributed by atoms with van der Waals surface area (Å²) in [5.74, 6) is 1.81. The highest BCUT2D eigenvalue weighted by Crippen LogP contribution is 2.10. The molecule has 0 spiro atoms. The summed E-state index contributed by atoms with van der Waals surface area (Å²) in [5, 5.41) is 8.30. The number of hydrogen-bond donors (Lipinski definition) is 1. The number of rotatable bonds is 5. The largest absolute Gasteiger partial charge is 0.356 e. The molecule has 0 saturated carbocycles. The van der Waals surface area contributed by atoms with Crippen LogP contribution in [-0.2, 0) is 0 Å². The first kappa shape index (κ1) is 13.8. The van der Waals surface area contributed by atoms with Gasteiger partial charge in [-0.3, -0.25) is 5.41 Å². The fourth-order valence-electron chi connectivity index (χ4n) is 1.92. The van der Waals surface area contributed by atoms with Crippen molar-refractivity contribution >= 4 is 5.84 Å². The van der Waals surface area contributed by atoms with Crippen molar-refractivity contribution in [1.82, 2.24) is 4.90 Å². The lowest BCUT2D eigenvalue weighted by Gasteiger charge is -2.28. The number of amidine groups is 1. The van der Waals surface area contributed by atoms with Gasteiger partial charge in [-0.1, -0.05) is 58.0 Å². The maximum atomic E-state index is 8.30. The summed E-state index contributed by atoms with van der Waals surface area (Å²) in [6.45, 7) is 10.7. The first-order valence-corrected chi connectivity index (χ1v) is 6.39. The molecule has 17 heavy (non-hydrogen) atoms. The molecule has 2 nitrogen and oxygen atoms in total. The Balaban J connectivity index is 2.79. The fourth-order valence-corrected chi connectivity index (χ4v) is 1.92. The minimum atomic E-state index is 0.581. The SMILES string of the molecule is CC(C)CN(CC(C)C)C(=N)c1ccccc1. The van der Waals surface area contributed by atoms with Crippen LogP contribution in [0.3, 0.4) is 0 Å². The summed E-state index contributed by atoms with van der Waals surface area (Å²) < 4.78 is 0. The minimum absolute atomic E-state index is 0.581. The quantitative estimate of drug-likeness (QED) is 0.609. The molecular weight excluding hydrogens is 208 g/mol. The van der Waals surface area contributed by atoms with Crippen LogP contribution in [0.4, 0.5) is 0 Å². The van der Waals surface area contributed by atoms with Gasteiger partial charge in [-0.05, 0) is 11.8 Å². The van der Waals surface area contributed by atoms with Crippen molar-refractivity contribution in [1.29, 1.82) is 5.41 Å². The molecule has 0 atom stereocenters. The van der Waals surface area contributed by atoms with Crippen molar-refractivity contribution in [3.05, 3.63) is 35.9 Å². The van der Waals surface area contributed by atoms with Crippen LogP contribution in [-0.4, -0.2) is 23.8 Å². The molecule has 1 aromatic carbocycles. The van der Waals surface area contributed by atoms with Gasteiger partial charge < -0.3 is 4.90 Å². The van der Waals surface area contributed by atoms with E-state index in [4.69, 9.17) is 5.41 Å². The van der Waals surface area contributed by atoms with E-state index in [-0.39, 0.29) is 0 Å². The van der Waals surface area contributed by atoms with Crippen molar-refractivity contribution in [2.24, 2.45) is 11.8 Å². The molecule has 0 aliphatic rings. The van der Waals surface area contributed by atoms with Gasteiger partial charge in [0.25, 0.3) is 0 Å². The third-order valence-corrected chi connectivity index (χ3v) is 2.53. The second kappa shape index (κ2) is 6.43. The first-order chi connectivity index (χ1) is 8.00. The highest BCUT2D eigenvalue weighted by Gasteiger charge is 2.14. The predicted molar refractivity (Wildman–Crippen MR) is 74.5 cm³/mol. The molecule has 0 aromatic heterocycles. The molecular formula is C15H24N2. The minimum Gasteiger partial charge on any atom is -0.356 e. The maximum absolute atomic E-state index is 8.30. The van der Waals surface area contributed by atoms with Gasteiger partial charge in [0.15, 0.2) is 0 Å². The molecule has 0 saturated heterocycles. The second-order valence-corrected chi connectivity index (χ2v) is 5.41. The van der Waals surface area contributed by atoms with E-state index in [1.165, 1.54) is 0 Å². The van der Waals surface area contributed by atoms with E-state index in [1.807, 2.05) is 30.3 Å². The Labute approximate surface area is 105 Å². The molecule has 0 heterocycles. The highest BCUT2D eigenvalue weighted by atomic mass is 15.2. The highest BCUT2D eigenvalue weighted by molar-refractivity contribution is 5.96. The van der Waals surface area contributed by atoms with Gasteiger partial charge in [-0.15, -0.1) is 0 Å². The fraction of sp³-hybridized carbons (Fsp3) is 0.533. The van der Waals surface area contributed by atoms with Crippen LogP contribution in [0.1, 0.15) is 33.3 Å². The second-order valence-electron chi connectivity index (χ2n) is 5.41. The number of nitrogens with one attached hydrogen (secondary N) is 1. The van der Waals surface area contributed by atoms with Gasteiger partial charge in [0.1, 0.15) is 5.84 Å². The summed E-state index contributed by atoms with van der Waals surface area (Å²) in [5.41, 5.74) is 1.01. The summed E-state index contributed by atoms with van der Waals surface area (Å²) in [6.07, 6.45) is 0. The summed E-state index contributed by atoms with van der Waals surface area (Å²) in [6, 6.07) is 10.00. The van der Waals surface area contributed by atoms with E-state index in [1.54, 1.807) is 0 Å². The molecule has 0 radical (unpaired) electrons. The predicted octanol–water partition coefficient (Wildman–Crippen LogP) is 3.63. The Kier molecular flexibility index (Phi) is 5.20. The molecule has 94 valence electrons. The standard InChI is InChI=1S/C15H24N2/c1-12(2)10-17(11-13(3)4)15(16)14-8-6-5-7-9-14/h5-9,12-13,16H,10-11H2,1-4H3.